The summed E-state index contributed by atoms with van der Waals surface area (Å²) >= 11 is 0. The Bertz CT molecular complexity index is 805. The topological polar surface area (TPSA) is 78.5 Å². The summed E-state index contributed by atoms with van der Waals surface area (Å²) < 4.78 is 0. The van der Waals surface area contributed by atoms with Gasteiger partial charge < -0.3 is 10.6 Å². The molecule has 1 saturated heterocycles. The third-order valence-corrected chi connectivity index (χ3v) is 7.26. The fourth-order valence-electron chi connectivity index (χ4n) is 4.63. The second kappa shape index (κ2) is 8.40. The second-order valence-electron chi connectivity index (χ2n) is 9.84. The van der Waals surface area contributed by atoms with Crippen molar-refractivity contribution in [3.63, 3.8) is 0 Å². The molecular formula is C24H35N3O3. The average molecular weight is 414 g/mol. The van der Waals surface area contributed by atoms with E-state index in [9.17, 15) is 14.4 Å². The Labute approximate surface area is 179 Å². The summed E-state index contributed by atoms with van der Waals surface area (Å²) in [5.74, 6) is 0.332. The molecule has 1 aliphatic heterocycles. The molecule has 6 heteroatoms. The molecule has 0 atom stereocenters. The number of hydrogen-bond acceptors (Lipinski definition) is 3. The molecule has 1 saturated carbocycles. The molecule has 4 amide bonds. The second-order valence-corrected chi connectivity index (χ2v) is 9.84. The first kappa shape index (κ1) is 22.3. The molecule has 1 aromatic rings. The fourth-order valence-corrected chi connectivity index (χ4v) is 4.63. The van der Waals surface area contributed by atoms with Gasteiger partial charge in [-0.05, 0) is 60.6 Å². The normalized spacial score (nSPS) is 24.5. The quantitative estimate of drug-likeness (QED) is 0.666. The Morgan fingerprint density at radius 1 is 1.20 bits per heavy atom. The van der Waals surface area contributed by atoms with Crippen LogP contribution in [0.5, 0.6) is 0 Å². The molecule has 164 valence electrons. The summed E-state index contributed by atoms with van der Waals surface area (Å²) in [4.78, 5) is 39.2. The summed E-state index contributed by atoms with van der Waals surface area (Å²) in [7, 11) is 0. The minimum Gasteiger partial charge on any atom is -0.325 e. The molecule has 0 bridgehead atoms. The minimum absolute atomic E-state index is 0.234. The number of rotatable bonds is 6. The van der Waals surface area contributed by atoms with Crippen LogP contribution in [0.3, 0.4) is 0 Å². The van der Waals surface area contributed by atoms with Crippen LogP contribution in [0.25, 0.3) is 0 Å². The van der Waals surface area contributed by atoms with E-state index >= 15 is 0 Å². The van der Waals surface area contributed by atoms with Crippen LogP contribution in [0.4, 0.5) is 10.5 Å². The molecule has 1 spiro atoms. The number of nitrogens with one attached hydrogen (secondary N) is 2. The molecule has 30 heavy (non-hydrogen) atoms. The maximum Gasteiger partial charge on any atom is 0.325 e. The van der Waals surface area contributed by atoms with Crippen LogP contribution in [-0.4, -0.2) is 34.8 Å². The first-order valence-corrected chi connectivity index (χ1v) is 11.1. The van der Waals surface area contributed by atoms with Crippen LogP contribution in [0.2, 0.25) is 0 Å². The van der Waals surface area contributed by atoms with Crippen molar-refractivity contribution in [2.75, 3.05) is 11.9 Å². The molecule has 3 rings (SSSR count). The first-order valence-electron chi connectivity index (χ1n) is 11.1. The van der Waals surface area contributed by atoms with E-state index in [4.69, 9.17) is 0 Å². The maximum atomic E-state index is 13.1. The number of amides is 4. The Hall–Kier alpha value is -2.37. The lowest BCUT2D eigenvalue weighted by molar-refractivity contribution is -0.135. The smallest absolute Gasteiger partial charge is 0.325 e. The van der Waals surface area contributed by atoms with Gasteiger partial charge in [-0.1, -0.05) is 53.2 Å². The molecule has 1 aromatic carbocycles. The lowest BCUT2D eigenvalue weighted by atomic mass is 9.65. The van der Waals surface area contributed by atoms with Crippen LogP contribution in [0.15, 0.2) is 24.3 Å². The number of imide groups is 1. The molecule has 0 aromatic heterocycles. The van der Waals surface area contributed by atoms with Gasteiger partial charge in [0.2, 0.25) is 5.91 Å². The third-order valence-electron chi connectivity index (χ3n) is 7.26. The lowest BCUT2D eigenvalue weighted by Gasteiger charge is -2.42. The number of nitrogens with zero attached hydrogens (tertiary/aromatic N) is 1. The number of hydrogen-bond donors (Lipinski definition) is 2. The van der Waals surface area contributed by atoms with Crippen molar-refractivity contribution < 1.29 is 14.4 Å². The van der Waals surface area contributed by atoms with Gasteiger partial charge >= 0.3 is 6.03 Å². The van der Waals surface area contributed by atoms with Gasteiger partial charge in [-0.2, -0.15) is 0 Å². The highest BCUT2D eigenvalue weighted by atomic mass is 16.2. The van der Waals surface area contributed by atoms with Crippen molar-refractivity contribution in [2.24, 2.45) is 11.3 Å². The van der Waals surface area contributed by atoms with Gasteiger partial charge in [0.1, 0.15) is 12.1 Å². The van der Waals surface area contributed by atoms with Crippen molar-refractivity contribution in [1.82, 2.24) is 10.2 Å². The van der Waals surface area contributed by atoms with Crippen molar-refractivity contribution in [2.45, 2.75) is 78.2 Å². The first-order chi connectivity index (χ1) is 14.1. The molecule has 1 aliphatic carbocycles. The van der Waals surface area contributed by atoms with Crippen molar-refractivity contribution in [1.29, 1.82) is 0 Å². The highest BCUT2D eigenvalue weighted by Crippen LogP contribution is 2.45. The number of urea groups is 1. The highest BCUT2D eigenvalue weighted by molar-refractivity contribution is 6.10. The minimum atomic E-state index is -0.837. The highest BCUT2D eigenvalue weighted by Gasteiger charge is 2.53. The van der Waals surface area contributed by atoms with Crippen LogP contribution in [0, 0.1) is 11.3 Å². The monoisotopic (exact) mass is 413 g/mol. The van der Waals surface area contributed by atoms with Crippen LogP contribution in [-0.2, 0) is 9.59 Å². The van der Waals surface area contributed by atoms with E-state index in [0.717, 1.165) is 24.2 Å². The van der Waals surface area contributed by atoms with E-state index in [2.05, 4.69) is 45.3 Å². The van der Waals surface area contributed by atoms with E-state index in [0.29, 0.717) is 30.4 Å². The molecule has 2 N–H and O–H groups in total. The predicted molar refractivity (Wildman–Crippen MR) is 118 cm³/mol. The number of carbonyl (C=O) groups is 3. The zero-order valence-electron chi connectivity index (χ0n) is 18.9. The SMILES string of the molecule is CCC(C)(C)C1CCC2(CC1)NC(=O)N(CC(=O)Nc1ccc(C(C)C)cc1)C2=O. The standard InChI is InChI=1S/C24H35N3O3/c1-6-23(4,5)18-11-13-24(14-12-18)21(29)27(22(30)26-24)15-20(28)25-19-9-7-17(8-10-19)16(2)3/h7-10,16,18H,6,11-15H2,1-5H3,(H,25,28)(H,26,30). The molecule has 1 heterocycles. The van der Waals surface area contributed by atoms with Gasteiger partial charge in [0.05, 0.1) is 0 Å². The Balaban J connectivity index is 1.60. The zero-order chi connectivity index (χ0) is 22.1. The summed E-state index contributed by atoms with van der Waals surface area (Å²) in [5, 5.41) is 5.69. The summed E-state index contributed by atoms with van der Waals surface area (Å²) in [5.41, 5.74) is 1.24. The van der Waals surface area contributed by atoms with E-state index in [1.54, 1.807) is 0 Å². The molecule has 2 aliphatic rings. The molecule has 2 fully saturated rings. The van der Waals surface area contributed by atoms with Gasteiger partial charge in [-0.25, -0.2) is 4.79 Å². The molecule has 0 radical (unpaired) electrons. The largest absolute Gasteiger partial charge is 0.325 e. The predicted octanol–water partition coefficient (Wildman–Crippen LogP) is 4.67. The Morgan fingerprint density at radius 2 is 1.80 bits per heavy atom. The zero-order valence-corrected chi connectivity index (χ0v) is 18.9. The van der Waals surface area contributed by atoms with Crippen LogP contribution >= 0.6 is 0 Å². The van der Waals surface area contributed by atoms with Gasteiger partial charge in [0.15, 0.2) is 0 Å². The number of carbonyl (C=O) groups excluding carboxylic acids is 3. The van der Waals surface area contributed by atoms with Gasteiger partial charge in [0, 0.05) is 5.69 Å². The summed E-state index contributed by atoms with van der Waals surface area (Å²) in [6.07, 6.45) is 4.19. The van der Waals surface area contributed by atoms with E-state index < -0.39 is 11.6 Å². The van der Waals surface area contributed by atoms with Crippen molar-refractivity contribution >= 4 is 23.5 Å². The van der Waals surface area contributed by atoms with E-state index in [1.165, 1.54) is 5.56 Å². The third kappa shape index (κ3) is 4.37. The molecule has 0 unspecified atom stereocenters. The Kier molecular flexibility index (Phi) is 6.25. The average Bonchev–Trinajstić information content (AvgIpc) is 2.92. The Morgan fingerprint density at radius 3 is 2.33 bits per heavy atom. The summed E-state index contributed by atoms with van der Waals surface area (Å²) in [6, 6.07) is 7.17. The van der Waals surface area contributed by atoms with Gasteiger partial charge in [-0.15, -0.1) is 0 Å². The summed E-state index contributed by atoms with van der Waals surface area (Å²) in [6.45, 7) is 10.7. The number of anilines is 1. The lowest BCUT2D eigenvalue weighted by Crippen LogP contribution is -2.51. The van der Waals surface area contributed by atoms with Crippen molar-refractivity contribution in [3.8, 4) is 0 Å². The van der Waals surface area contributed by atoms with Gasteiger partial charge in [0.25, 0.3) is 5.91 Å². The van der Waals surface area contributed by atoms with E-state index in [-0.39, 0.29) is 23.8 Å². The van der Waals surface area contributed by atoms with E-state index in [1.807, 2.05) is 24.3 Å². The molecular weight excluding hydrogens is 378 g/mol. The fraction of sp³-hybridized carbons (Fsp3) is 0.625. The van der Waals surface area contributed by atoms with Crippen LogP contribution in [0.1, 0.15) is 78.2 Å². The van der Waals surface area contributed by atoms with Crippen molar-refractivity contribution in [3.05, 3.63) is 29.8 Å². The number of benzene rings is 1. The maximum absolute atomic E-state index is 13.1. The molecule has 6 nitrogen and oxygen atoms in total. The van der Waals surface area contributed by atoms with Gasteiger partial charge in [-0.3, -0.25) is 14.5 Å². The van der Waals surface area contributed by atoms with Crippen LogP contribution < -0.4 is 10.6 Å².